The number of carboxylic acid groups (broad SMARTS) is 1. The largest absolute Gasteiger partial charge is 0.511 e. The van der Waals surface area contributed by atoms with E-state index in [0.717, 1.165) is 12.1 Å². The lowest BCUT2D eigenvalue weighted by molar-refractivity contribution is 0.0517. The van der Waals surface area contributed by atoms with Crippen molar-refractivity contribution in [3.63, 3.8) is 0 Å². The molecule has 3 N–H and O–H groups in total. The van der Waals surface area contributed by atoms with Crippen LogP contribution in [0.25, 0.3) is 0 Å². The minimum atomic E-state index is -1.64. The molecule has 0 atom stereocenters. The van der Waals surface area contributed by atoms with Crippen molar-refractivity contribution < 1.29 is 43.3 Å². The van der Waals surface area contributed by atoms with Crippen molar-refractivity contribution in [2.75, 3.05) is 23.8 Å². The highest BCUT2D eigenvalue weighted by Crippen LogP contribution is 2.22. The van der Waals surface area contributed by atoms with Crippen LogP contribution in [0.1, 0.15) is 55.3 Å². The number of amides is 2. The molecule has 0 saturated carbocycles. The third-order valence-corrected chi connectivity index (χ3v) is 4.90. The molecule has 2 amide bonds. The number of nitrogens with one attached hydrogen (secondary N) is 2. The zero-order valence-corrected chi connectivity index (χ0v) is 20.5. The Morgan fingerprint density at radius 1 is 0.658 bits per heavy atom. The fraction of sp³-hybridized carbons (Fsp3) is 0.148. The van der Waals surface area contributed by atoms with Gasteiger partial charge in [-0.3, -0.25) is 9.59 Å². The van der Waals surface area contributed by atoms with Gasteiger partial charge in [-0.15, -0.1) is 0 Å². The predicted molar refractivity (Wildman–Crippen MR) is 136 cm³/mol. The highest BCUT2D eigenvalue weighted by Gasteiger charge is 2.17. The van der Waals surface area contributed by atoms with Crippen LogP contribution in [0.3, 0.4) is 0 Å². The number of carbonyl (C=O) groups excluding carboxylic acids is 4. The molecule has 0 aliphatic carbocycles. The summed E-state index contributed by atoms with van der Waals surface area (Å²) in [7, 11) is 0. The van der Waals surface area contributed by atoms with Gasteiger partial charge in [-0.1, -0.05) is 12.1 Å². The summed E-state index contributed by atoms with van der Waals surface area (Å²) in [5.41, 5.74) is 0.806. The van der Waals surface area contributed by atoms with E-state index in [-0.39, 0.29) is 52.6 Å². The molecule has 0 saturated heterocycles. The standard InChI is InChI=1S/C27H24N2O9/c1-3-36-25(32)16-7-5-9-20(12-16)28-23(30)18-11-19(15-22(14-18)38-27(34)35)24(31)29-21-10-6-8-17(13-21)26(33)37-4-2/h5-15H,3-4H2,1-2H3,(H,28,30)(H,29,31)(H,34,35). The van der Waals surface area contributed by atoms with E-state index in [2.05, 4.69) is 15.4 Å². The average molecular weight is 520 g/mol. The maximum atomic E-state index is 13.0. The molecule has 196 valence electrons. The summed E-state index contributed by atoms with van der Waals surface area (Å²) in [5.74, 6) is -2.78. The van der Waals surface area contributed by atoms with E-state index in [4.69, 9.17) is 14.6 Å². The Kier molecular flexibility index (Phi) is 9.14. The van der Waals surface area contributed by atoms with Crippen LogP contribution in [-0.2, 0) is 9.47 Å². The second-order valence-electron chi connectivity index (χ2n) is 7.62. The number of benzene rings is 3. The fourth-order valence-electron chi connectivity index (χ4n) is 3.30. The van der Waals surface area contributed by atoms with E-state index in [1.807, 2.05) is 0 Å². The minimum absolute atomic E-state index is 0.0873. The highest BCUT2D eigenvalue weighted by atomic mass is 16.7. The fourth-order valence-corrected chi connectivity index (χ4v) is 3.30. The maximum absolute atomic E-state index is 13.0. The molecule has 0 fully saturated rings. The first-order valence-electron chi connectivity index (χ1n) is 11.4. The summed E-state index contributed by atoms with van der Waals surface area (Å²) in [6.45, 7) is 3.70. The van der Waals surface area contributed by atoms with Crippen molar-refractivity contribution in [3.05, 3.63) is 89.0 Å². The third-order valence-electron chi connectivity index (χ3n) is 4.90. The molecule has 0 heterocycles. The van der Waals surface area contributed by atoms with E-state index in [9.17, 15) is 24.0 Å². The topological polar surface area (TPSA) is 157 Å². The normalized spacial score (nSPS) is 10.2. The molecule has 3 aromatic rings. The Morgan fingerprint density at radius 2 is 1.11 bits per heavy atom. The Morgan fingerprint density at radius 3 is 1.50 bits per heavy atom. The van der Waals surface area contributed by atoms with Crippen molar-refractivity contribution in [2.24, 2.45) is 0 Å². The summed E-state index contributed by atoms with van der Waals surface area (Å²) in [5, 5.41) is 14.2. The van der Waals surface area contributed by atoms with E-state index < -0.39 is 29.9 Å². The van der Waals surface area contributed by atoms with Crippen LogP contribution in [0.5, 0.6) is 5.75 Å². The lowest BCUT2D eigenvalue weighted by Gasteiger charge is -2.11. The first-order chi connectivity index (χ1) is 18.2. The van der Waals surface area contributed by atoms with Crippen molar-refractivity contribution in [1.29, 1.82) is 0 Å². The van der Waals surface area contributed by atoms with E-state index in [1.54, 1.807) is 38.1 Å². The van der Waals surface area contributed by atoms with Gasteiger partial charge in [-0.2, -0.15) is 0 Å². The molecule has 38 heavy (non-hydrogen) atoms. The van der Waals surface area contributed by atoms with Crippen molar-refractivity contribution in [3.8, 4) is 5.75 Å². The van der Waals surface area contributed by atoms with Crippen LogP contribution < -0.4 is 15.4 Å². The smallest absolute Gasteiger partial charge is 0.462 e. The van der Waals surface area contributed by atoms with Crippen molar-refractivity contribution >= 4 is 41.3 Å². The number of carbonyl (C=O) groups is 5. The SMILES string of the molecule is CCOC(=O)c1cccc(NC(=O)c2cc(OC(=O)O)cc(C(=O)Nc3cccc(C(=O)OCC)c3)c2)c1. The van der Waals surface area contributed by atoms with Gasteiger partial charge in [0.05, 0.1) is 24.3 Å². The molecule has 3 aromatic carbocycles. The summed E-state index contributed by atoms with van der Waals surface area (Å²) in [4.78, 5) is 61.0. The van der Waals surface area contributed by atoms with Gasteiger partial charge in [0.2, 0.25) is 0 Å². The number of anilines is 2. The molecular formula is C27H24N2O9. The number of esters is 2. The first kappa shape index (κ1) is 27.4. The zero-order chi connectivity index (χ0) is 27.7. The molecule has 0 spiro atoms. The van der Waals surface area contributed by atoms with Crippen LogP contribution in [0.15, 0.2) is 66.7 Å². The van der Waals surface area contributed by atoms with Crippen LogP contribution in [0, 0.1) is 0 Å². The first-order valence-corrected chi connectivity index (χ1v) is 11.4. The van der Waals surface area contributed by atoms with Crippen LogP contribution in [0.2, 0.25) is 0 Å². The van der Waals surface area contributed by atoms with E-state index in [0.29, 0.717) is 0 Å². The number of hydrogen-bond donors (Lipinski definition) is 3. The van der Waals surface area contributed by atoms with E-state index in [1.165, 1.54) is 30.3 Å². The molecule has 0 aliphatic heterocycles. The second kappa shape index (κ2) is 12.7. The Labute approximate surface area is 217 Å². The van der Waals surface area contributed by atoms with Crippen molar-refractivity contribution in [2.45, 2.75) is 13.8 Å². The van der Waals surface area contributed by atoms with Gasteiger partial charge >= 0.3 is 18.1 Å². The lowest BCUT2D eigenvalue weighted by atomic mass is 10.1. The van der Waals surface area contributed by atoms with Crippen LogP contribution in [0.4, 0.5) is 16.2 Å². The molecule has 0 aromatic heterocycles. The molecular weight excluding hydrogens is 496 g/mol. The number of rotatable bonds is 9. The Balaban J connectivity index is 1.86. The van der Waals surface area contributed by atoms with Crippen LogP contribution in [-0.4, -0.2) is 48.2 Å². The van der Waals surface area contributed by atoms with Gasteiger partial charge in [-0.25, -0.2) is 14.4 Å². The summed E-state index contributed by atoms with van der Waals surface area (Å²) < 4.78 is 14.6. The molecule has 0 radical (unpaired) electrons. The quantitative estimate of drug-likeness (QED) is 0.271. The molecule has 11 nitrogen and oxygen atoms in total. The monoisotopic (exact) mass is 520 g/mol. The zero-order valence-electron chi connectivity index (χ0n) is 20.5. The van der Waals surface area contributed by atoms with E-state index >= 15 is 0 Å². The maximum Gasteiger partial charge on any atom is 0.511 e. The second-order valence-corrected chi connectivity index (χ2v) is 7.62. The van der Waals surface area contributed by atoms with Gasteiger partial charge in [0.1, 0.15) is 5.75 Å². The van der Waals surface area contributed by atoms with Gasteiger partial charge < -0.3 is 30.0 Å². The summed E-state index contributed by atoms with van der Waals surface area (Å²) in [6, 6.07) is 15.6. The summed E-state index contributed by atoms with van der Waals surface area (Å²) >= 11 is 0. The molecule has 11 heteroatoms. The van der Waals surface area contributed by atoms with Gasteiger partial charge in [-0.05, 0) is 68.4 Å². The van der Waals surface area contributed by atoms with Crippen LogP contribution >= 0.6 is 0 Å². The number of ether oxygens (including phenoxy) is 3. The average Bonchev–Trinajstić information content (AvgIpc) is 2.88. The molecule has 0 bridgehead atoms. The molecule has 0 aliphatic rings. The minimum Gasteiger partial charge on any atom is -0.462 e. The lowest BCUT2D eigenvalue weighted by Crippen LogP contribution is -2.17. The highest BCUT2D eigenvalue weighted by molar-refractivity contribution is 6.09. The molecule has 3 rings (SSSR count). The summed E-state index contributed by atoms with van der Waals surface area (Å²) in [6.07, 6.45) is -1.64. The van der Waals surface area contributed by atoms with Crippen molar-refractivity contribution in [1.82, 2.24) is 0 Å². The van der Waals surface area contributed by atoms with Gasteiger partial charge in [0.25, 0.3) is 11.8 Å². The van der Waals surface area contributed by atoms with Gasteiger partial charge in [0.15, 0.2) is 0 Å². The van der Waals surface area contributed by atoms with Gasteiger partial charge in [0, 0.05) is 22.5 Å². The Hall–Kier alpha value is -5.19. The molecule has 0 unspecified atom stereocenters. The number of hydrogen-bond acceptors (Lipinski definition) is 8. The third kappa shape index (κ3) is 7.40. The predicted octanol–water partition coefficient (Wildman–Crippen LogP) is 4.60. The Bertz CT molecular complexity index is 1290.